The molecular formula is C11H14N2OS. The van der Waals surface area contributed by atoms with E-state index in [4.69, 9.17) is 5.21 Å². The number of rotatable bonds is 4. The van der Waals surface area contributed by atoms with Gasteiger partial charge in [0.1, 0.15) is 0 Å². The first-order valence-electron chi connectivity index (χ1n) is 4.98. The molecule has 0 unspecified atom stereocenters. The second kappa shape index (κ2) is 7.02. The van der Waals surface area contributed by atoms with Crippen LogP contribution in [0.25, 0.3) is 0 Å². The lowest BCUT2D eigenvalue weighted by molar-refractivity contribution is 0.321. The summed E-state index contributed by atoms with van der Waals surface area (Å²) in [6.07, 6.45) is 5.83. The molecule has 4 heteroatoms. The molecule has 0 aliphatic carbocycles. The van der Waals surface area contributed by atoms with Gasteiger partial charge in [0, 0.05) is 11.8 Å². The summed E-state index contributed by atoms with van der Waals surface area (Å²) in [5, 5.41) is 13.8. The molecule has 0 aromatic carbocycles. The molecule has 0 radical (unpaired) electrons. The average molecular weight is 222 g/mol. The second-order valence-electron chi connectivity index (χ2n) is 3.08. The number of hydrogen-bond acceptors (Lipinski definition) is 4. The van der Waals surface area contributed by atoms with Gasteiger partial charge in [0.05, 0.1) is 11.9 Å². The largest absolute Gasteiger partial charge is 0.411 e. The van der Waals surface area contributed by atoms with Crippen molar-refractivity contribution in [1.29, 1.82) is 0 Å². The van der Waals surface area contributed by atoms with Crippen LogP contribution >= 0.6 is 11.3 Å². The number of unbranched alkanes of at least 4 members (excludes halogenated alkanes) is 3. The highest BCUT2D eigenvalue weighted by molar-refractivity contribution is 7.10. The van der Waals surface area contributed by atoms with Crippen molar-refractivity contribution < 1.29 is 5.21 Å². The van der Waals surface area contributed by atoms with Gasteiger partial charge in [0.15, 0.2) is 5.01 Å². The molecule has 80 valence electrons. The molecule has 0 saturated carbocycles. The molecule has 0 atom stereocenters. The molecule has 1 aromatic rings. The Balaban J connectivity index is 2.42. The highest BCUT2D eigenvalue weighted by atomic mass is 32.1. The van der Waals surface area contributed by atoms with E-state index in [2.05, 4.69) is 28.9 Å². The lowest BCUT2D eigenvalue weighted by Crippen LogP contribution is -1.80. The highest BCUT2D eigenvalue weighted by Gasteiger charge is 1.95. The molecule has 0 saturated heterocycles. The first-order valence-corrected chi connectivity index (χ1v) is 5.86. The van der Waals surface area contributed by atoms with E-state index >= 15 is 0 Å². The molecule has 1 rings (SSSR count). The second-order valence-corrected chi connectivity index (χ2v) is 3.94. The number of nitrogens with zero attached hydrogens (tertiary/aromatic N) is 2. The average Bonchev–Trinajstić information content (AvgIpc) is 2.66. The van der Waals surface area contributed by atoms with Crippen molar-refractivity contribution in [2.24, 2.45) is 5.16 Å². The Kier molecular flexibility index (Phi) is 5.49. The molecular weight excluding hydrogens is 208 g/mol. The minimum Gasteiger partial charge on any atom is -0.411 e. The van der Waals surface area contributed by atoms with Gasteiger partial charge in [0.2, 0.25) is 0 Å². The number of thiazole rings is 1. The van der Waals surface area contributed by atoms with Gasteiger partial charge in [-0.15, -0.1) is 11.3 Å². The van der Waals surface area contributed by atoms with Gasteiger partial charge in [-0.3, -0.25) is 0 Å². The van der Waals surface area contributed by atoms with E-state index in [1.54, 1.807) is 0 Å². The summed E-state index contributed by atoms with van der Waals surface area (Å²) >= 11 is 1.47. The Labute approximate surface area is 93.9 Å². The summed E-state index contributed by atoms with van der Waals surface area (Å²) in [5.41, 5.74) is 0.653. The topological polar surface area (TPSA) is 45.5 Å². The maximum absolute atomic E-state index is 8.30. The van der Waals surface area contributed by atoms with Gasteiger partial charge >= 0.3 is 0 Å². The van der Waals surface area contributed by atoms with E-state index in [0.29, 0.717) is 5.69 Å². The van der Waals surface area contributed by atoms with Gasteiger partial charge in [-0.25, -0.2) is 4.98 Å². The van der Waals surface area contributed by atoms with Crippen molar-refractivity contribution in [3.05, 3.63) is 16.1 Å². The molecule has 3 nitrogen and oxygen atoms in total. The molecule has 1 aromatic heterocycles. The van der Waals surface area contributed by atoms with Gasteiger partial charge in [-0.2, -0.15) is 0 Å². The summed E-state index contributed by atoms with van der Waals surface area (Å²) in [7, 11) is 0. The van der Waals surface area contributed by atoms with E-state index in [-0.39, 0.29) is 0 Å². The molecule has 1 heterocycles. The third kappa shape index (κ3) is 4.61. The Morgan fingerprint density at radius 1 is 1.60 bits per heavy atom. The fraction of sp³-hybridized carbons (Fsp3) is 0.455. The van der Waals surface area contributed by atoms with Crippen LogP contribution in [0.1, 0.15) is 43.3 Å². The van der Waals surface area contributed by atoms with Crippen molar-refractivity contribution in [3.63, 3.8) is 0 Å². The van der Waals surface area contributed by atoms with Gasteiger partial charge in [-0.05, 0) is 12.3 Å². The van der Waals surface area contributed by atoms with Gasteiger partial charge < -0.3 is 5.21 Å². The van der Waals surface area contributed by atoms with Crippen LogP contribution in [0.5, 0.6) is 0 Å². The van der Waals surface area contributed by atoms with Gasteiger partial charge in [-0.1, -0.05) is 30.8 Å². The van der Waals surface area contributed by atoms with Crippen molar-refractivity contribution in [2.75, 3.05) is 0 Å². The zero-order valence-electron chi connectivity index (χ0n) is 8.73. The fourth-order valence-electron chi connectivity index (χ4n) is 1.06. The molecule has 0 amide bonds. The lowest BCUT2D eigenvalue weighted by Gasteiger charge is -1.87. The van der Waals surface area contributed by atoms with Crippen LogP contribution in [0.2, 0.25) is 0 Å². The summed E-state index contributed by atoms with van der Waals surface area (Å²) in [4.78, 5) is 4.15. The molecule has 0 aliphatic rings. The number of oxime groups is 1. The molecule has 15 heavy (non-hydrogen) atoms. The fourth-order valence-corrected chi connectivity index (χ4v) is 1.70. The maximum Gasteiger partial charge on any atom is 0.167 e. The Hall–Kier alpha value is -1.34. The van der Waals surface area contributed by atoms with E-state index < -0.39 is 0 Å². The van der Waals surface area contributed by atoms with Crippen LogP contribution < -0.4 is 0 Å². The van der Waals surface area contributed by atoms with E-state index in [1.807, 2.05) is 5.38 Å². The number of hydrogen-bond donors (Lipinski definition) is 1. The number of aromatic nitrogens is 1. The Morgan fingerprint density at radius 2 is 2.47 bits per heavy atom. The normalized spacial score (nSPS) is 10.2. The van der Waals surface area contributed by atoms with Crippen LogP contribution in [-0.2, 0) is 0 Å². The molecule has 0 fully saturated rings. The van der Waals surface area contributed by atoms with E-state index in [1.165, 1.54) is 30.4 Å². The van der Waals surface area contributed by atoms with Crippen molar-refractivity contribution in [3.8, 4) is 11.8 Å². The van der Waals surface area contributed by atoms with Crippen LogP contribution in [0.4, 0.5) is 0 Å². The Bertz CT molecular complexity index is 373. The molecule has 0 bridgehead atoms. The zero-order valence-corrected chi connectivity index (χ0v) is 9.55. The van der Waals surface area contributed by atoms with E-state index in [0.717, 1.165) is 17.8 Å². The monoisotopic (exact) mass is 222 g/mol. The van der Waals surface area contributed by atoms with Crippen LogP contribution in [0.3, 0.4) is 0 Å². The smallest absolute Gasteiger partial charge is 0.167 e. The third-order valence-corrected chi connectivity index (χ3v) is 2.59. The standard InChI is InChI=1S/C11H14N2OS/c1-2-3-4-5-6-7-11-13-10(8-12-14)9-15-11/h8-9,14H,2-5H2,1H3/b12-8+. The first kappa shape index (κ1) is 11.7. The molecule has 0 spiro atoms. The summed E-state index contributed by atoms with van der Waals surface area (Å²) in [5.74, 6) is 6.08. The minimum absolute atomic E-state index is 0.653. The minimum atomic E-state index is 0.653. The third-order valence-electron chi connectivity index (χ3n) is 1.81. The van der Waals surface area contributed by atoms with Crippen LogP contribution in [0.15, 0.2) is 10.5 Å². The highest BCUT2D eigenvalue weighted by Crippen LogP contribution is 2.06. The van der Waals surface area contributed by atoms with Gasteiger partial charge in [0.25, 0.3) is 0 Å². The first-order chi connectivity index (χ1) is 7.36. The summed E-state index contributed by atoms with van der Waals surface area (Å²) < 4.78 is 0. The zero-order chi connectivity index (χ0) is 10.9. The molecule has 1 N–H and O–H groups in total. The Morgan fingerprint density at radius 3 is 3.20 bits per heavy atom. The van der Waals surface area contributed by atoms with Crippen LogP contribution in [-0.4, -0.2) is 16.4 Å². The molecule has 0 aliphatic heterocycles. The predicted octanol–water partition coefficient (Wildman–Crippen LogP) is 2.88. The lowest BCUT2D eigenvalue weighted by atomic mass is 10.2. The predicted molar refractivity (Wildman–Crippen MR) is 62.5 cm³/mol. The summed E-state index contributed by atoms with van der Waals surface area (Å²) in [6, 6.07) is 0. The maximum atomic E-state index is 8.30. The van der Waals surface area contributed by atoms with Crippen LogP contribution in [0, 0.1) is 11.8 Å². The quantitative estimate of drug-likeness (QED) is 0.280. The SMILES string of the molecule is CCCCCC#Cc1nc(/C=N/O)cs1. The van der Waals surface area contributed by atoms with Crippen molar-refractivity contribution in [1.82, 2.24) is 4.98 Å². The van der Waals surface area contributed by atoms with Crippen molar-refractivity contribution in [2.45, 2.75) is 32.6 Å². The summed E-state index contributed by atoms with van der Waals surface area (Å²) in [6.45, 7) is 2.18. The van der Waals surface area contributed by atoms with E-state index in [9.17, 15) is 0 Å². The van der Waals surface area contributed by atoms with Crippen molar-refractivity contribution >= 4 is 17.6 Å².